The van der Waals surface area contributed by atoms with E-state index in [1.54, 1.807) is 11.3 Å². The molecule has 1 N–H and O–H groups in total. The van der Waals surface area contributed by atoms with Crippen LogP contribution in [0.2, 0.25) is 0 Å². The Balaban J connectivity index is 2.08. The summed E-state index contributed by atoms with van der Waals surface area (Å²) in [6.07, 6.45) is 0. The number of rotatable bonds is 3. The summed E-state index contributed by atoms with van der Waals surface area (Å²) < 4.78 is 2.28. The highest BCUT2D eigenvalue weighted by Crippen LogP contribution is 2.33. The third-order valence-electron chi connectivity index (χ3n) is 3.40. The Morgan fingerprint density at radius 2 is 1.75 bits per heavy atom. The summed E-state index contributed by atoms with van der Waals surface area (Å²) in [5.41, 5.74) is 2.57. The molecule has 0 saturated carbocycles. The van der Waals surface area contributed by atoms with E-state index in [4.69, 9.17) is 0 Å². The van der Waals surface area contributed by atoms with E-state index in [1.807, 2.05) is 7.05 Å². The fourth-order valence-corrected chi connectivity index (χ4v) is 4.34. The molecule has 0 spiro atoms. The van der Waals surface area contributed by atoms with Gasteiger partial charge in [-0.2, -0.15) is 11.3 Å². The summed E-state index contributed by atoms with van der Waals surface area (Å²) in [6, 6.07) is 13.2. The van der Waals surface area contributed by atoms with Crippen molar-refractivity contribution < 1.29 is 0 Å². The molecule has 1 heterocycles. The van der Waals surface area contributed by atoms with Crippen LogP contribution in [0.3, 0.4) is 0 Å². The van der Waals surface area contributed by atoms with Gasteiger partial charge in [0.25, 0.3) is 0 Å². The molecule has 3 rings (SSSR count). The second-order valence-electron chi connectivity index (χ2n) is 4.65. The molecule has 0 fully saturated rings. The van der Waals surface area contributed by atoms with Crippen LogP contribution in [0.5, 0.6) is 0 Å². The third kappa shape index (κ3) is 2.70. The van der Waals surface area contributed by atoms with Crippen LogP contribution in [0.25, 0.3) is 10.8 Å². The maximum atomic E-state index is 3.63. The zero-order valence-electron chi connectivity index (χ0n) is 10.9. The Labute approximate surface area is 139 Å². The highest BCUT2D eigenvalue weighted by molar-refractivity contribution is 9.10. The molecule has 3 aromatic rings. The van der Waals surface area contributed by atoms with Gasteiger partial charge in [-0.05, 0) is 68.5 Å². The molecule has 1 atom stereocenters. The Hall–Kier alpha value is -0.680. The summed E-state index contributed by atoms with van der Waals surface area (Å²) in [5, 5.41) is 10.2. The number of halogens is 2. The zero-order chi connectivity index (χ0) is 14.1. The van der Waals surface area contributed by atoms with E-state index in [1.165, 1.54) is 21.9 Å². The fourth-order valence-electron chi connectivity index (χ4n) is 2.41. The molecule has 102 valence electrons. The minimum Gasteiger partial charge on any atom is -0.309 e. The molecule has 1 unspecified atom stereocenters. The van der Waals surface area contributed by atoms with Gasteiger partial charge in [-0.1, -0.05) is 34.1 Å². The van der Waals surface area contributed by atoms with Crippen molar-refractivity contribution in [2.45, 2.75) is 6.04 Å². The zero-order valence-corrected chi connectivity index (χ0v) is 14.8. The van der Waals surface area contributed by atoms with Gasteiger partial charge in [0.15, 0.2) is 0 Å². The fraction of sp³-hybridized carbons (Fsp3) is 0.125. The van der Waals surface area contributed by atoms with Crippen LogP contribution in [0.15, 0.2) is 56.1 Å². The maximum absolute atomic E-state index is 3.63. The average molecular weight is 411 g/mol. The van der Waals surface area contributed by atoms with Crippen LogP contribution < -0.4 is 5.32 Å². The molecular weight excluding hydrogens is 398 g/mol. The van der Waals surface area contributed by atoms with Crippen molar-refractivity contribution in [2.75, 3.05) is 7.05 Å². The molecule has 0 aliphatic carbocycles. The van der Waals surface area contributed by atoms with Gasteiger partial charge in [0.2, 0.25) is 0 Å². The summed E-state index contributed by atoms with van der Waals surface area (Å²) in [7, 11) is 2.00. The number of fused-ring (bicyclic) bond motifs is 1. The second kappa shape index (κ2) is 5.98. The van der Waals surface area contributed by atoms with E-state index >= 15 is 0 Å². The lowest BCUT2D eigenvalue weighted by Crippen LogP contribution is -2.17. The maximum Gasteiger partial charge on any atom is 0.0593 e. The lowest BCUT2D eigenvalue weighted by atomic mass is 9.98. The van der Waals surface area contributed by atoms with E-state index in [2.05, 4.69) is 84.3 Å². The third-order valence-corrected chi connectivity index (χ3v) is 5.65. The first-order chi connectivity index (χ1) is 9.69. The summed E-state index contributed by atoms with van der Waals surface area (Å²) >= 11 is 8.86. The van der Waals surface area contributed by atoms with E-state index in [9.17, 15) is 0 Å². The van der Waals surface area contributed by atoms with Crippen LogP contribution in [0.4, 0.5) is 0 Å². The van der Waals surface area contributed by atoms with Crippen LogP contribution in [0, 0.1) is 0 Å². The minimum absolute atomic E-state index is 0.212. The van der Waals surface area contributed by atoms with E-state index in [-0.39, 0.29) is 6.04 Å². The molecule has 0 bridgehead atoms. The molecule has 0 aliphatic rings. The lowest BCUT2D eigenvalue weighted by molar-refractivity contribution is 0.692. The van der Waals surface area contributed by atoms with Crippen molar-refractivity contribution in [3.63, 3.8) is 0 Å². The first kappa shape index (κ1) is 14.3. The Bertz CT molecular complexity index is 751. The van der Waals surface area contributed by atoms with Gasteiger partial charge >= 0.3 is 0 Å². The first-order valence-electron chi connectivity index (χ1n) is 6.27. The quantitative estimate of drug-likeness (QED) is 0.580. The summed E-state index contributed by atoms with van der Waals surface area (Å²) in [5.74, 6) is 0. The van der Waals surface area contributed by atoms with Gasteiger partial charge in [0.1, 0.15) is 0 Å². The monoisotopic (exact) mass is 409 g/mol. The standard InChI is InChI=1S/C16H13Br2NS/c1-19-16(14-8-20-9-15(14)18)12-3-2-11-7-13(17)5-4-10(11)6-12/h2-9,16,19H,1H3. The Kier molecular flexibility index (Phi) is 4.26. The normalized spacial score (nSPS) is 12.8. The number of benzene rings is 2. The molecule has 2 aromatic carbocycles. The SMILES string of the molecule is CNC(c1ccc2cc(Br)ccc2c1)c1cscc1Br. The predicted octanol–water partition coefficient (Wildman–Crippen LogP) is 5.74. The highest BCUT2D eigenvalue weighted by Gasteiger charge is 2.16. The van der Waals surface area contributed by atoms with Gasteiger partial charge in [-0.15, -0.1) is 0 Å². The number of nitrogens with one attached hydrogen (secondary N) is 1. The van der Waals surface area contributed by atoms with Crippen molar-refractivity contribution in [3.05, 3.63) is 67.2 Å². The second-order valence-corrected chi connectivity index (χ2v) is 7.16. The number of hydrogen-bond acceptors (Lipinski definition) is 2. The van der Waals surface area contributed by atoms with Gasteiger partial charge in [-0.25, -0.2) is 0 Å². The van der Waals surface area contributed by atoms with Crippen LogP contribution in [-0.2, 0) is 0 Å². The molecule has 0 amide bonds. The Morgan fingerprint density at radius 1 is 1.00 bits per heavy atom. The summed E-state index contributed by atoms with van der Waals surface area (Å²) in [4.78, 5) is 0. The largest absolute Gasteiger partial charge is 0.309 e. The van der Waals surface area contributed by atoms with Gasteiger partial charge < -0.3 is 5.32 Å². The van der Waals surface area contributed by atoms with Crippen molar-refractivity contribution in [2.24, 2.45) is 0 Å². The van der Waals surface area contributed by atoms with Crippen molar-refractivity contribution in [1.29, 1.82) is 0 Å². The van der Waals surface area contributed by atoms with Crippen LogP contribution in [-0.4, -0.2) is 7.05 Å². The first-order valence-corrected chi connectivity index (χ1v) is 8.80. The van der Waals surface area contributed by atoms with Gasteiger partial charge in [0.05, 0.1) is 6.04 Å². The molecule has 1 nitrogen and oxygen atoms in total. The van der Waals surface area contributed by atoms with Crippen LogP contribution >= 0.6 is 43.2 Å². The van der Waals surface area contributed by atoms with Crippen molar-refractivity contribution in [3.8, 4) is 0 Å². The molecule has 1 aromatic heterocycles. The topological polar surface area (TPSA) is 12.0 Å². The van der Waals surface area contributed by atoms with E-state index in [0.29, 0.717) is 0 Å². The van der Waals surface area contributed by atoms with Crippen molar-refractivity contribution >= 4 is 54.0 Å². The summed E-state index contributed by atoms with van der Waals surface area (Å²) in [6.45, 7) is 0. The molecule has 4 heteroatoms. The predicted molar refractivity (Wildman–Crippen MR) is 94.6 cm³/mol. The lowest BCUT2D eigenvalue weighted by Gasteiger charge is -2.17. The molecule has 20 heavy (non-hydrogen) atoms. The number of hydrogen-bond donors (Lipinski definition) is 1. The van der Waals surface area contributed by atoms with Crippen molar-refractivity contribution in [1.82, 2.24) is 5.32 Å². The Morgan fingerprint density at radius 3 is 2.45 bits per heavy atom. The van der Waals surface area contributed by atoms with E-state index < -0.39 is 0 Å². The molecule has 0 aliphatic heterocycles. The molecule has 0 radical (unpaired) electrons. The highest BCUT2D eigenvalue weighted by atomic mass is 79.9. The smallest absolute Gasteiger partial charge is 0.0593 e. The molecule has 0 saturated heterocycles. The van der Waals surface area contributed by atoms with Gasteiger partial charge in [-0.3, -0.25) is 0 Å². The number of thiophene rings is 1. The molecular formula is C16H13Br2NS. The van der Waals surface area contributed by atoms with Crippen LogP contribution in [0.1, 0.15) is 17.2 Å². The van der Waals surface area contributed by atoms with E-state index in [0.717, 1.165) is 8.95 Å². The minimum atomic E-state index is 0.212. The average Bonchev–Trinajstić information content (AvgIpc) is 2.86. The van der Waals surface area contributed by atoms with Gasteiger partial charge in [0, 0.05) is 14.3 Å².